The molecule has 2 aromatic carbocycles. The minimum Gasteiger partial charge on any atom is -0.489 e. The van der Waals surface area contributed by atoms with Gasteiger partial charge < -0.3 is 9.47 Å². The van der Waals surface area contributed by atoms with Gasteiger partial charge in [0, 0.05) is 11.1 Å². The van der Waals surface area contributed by atoms with Crippen LogP contribution in [0.1, 0.15) is 11.1 Å². The van der Waals surface area contributed by atoms with Gasteiger partial charge in [0.15, 0.2) is 0 Å². The lowest BCUT2D eigenvalue weighted by Crippen LogP contribution is -2.09. The third-order valence-corrected chi connectivity index (χ3v) is 2.91. The van der Waals surface area contributed by atoms with Crippen molar-refractivity contribution in [3.05, 3.63) is 65.4 Å². The van der Waals surface area contributed by atoms with Crippen molar-refractivity contribution in [2.24, 2.45) is 0 Å². The van der Waals surface area contributed by atoms with Crippen molar-refractivity contribution in [1.29, 1.82) is 0 Å². The van der Waals surface area contributed by atoms with Crippen LogP contribution in [0.4, 0.5) is 0 Å². The van der Waals surface area contributed by atoms with E-state index in [1.165, 1.54) is 0 Å². The molecule has 94 valence electrons. The molecule has 0 bridgehead atoms. The van der Waals surface area contributed by atoms with Crippen LogP contribution in [-0.4, -0.2) is 13.2 Å². The van der Waals surface area contributed by atoms with Crippen LogP contribution in [0.15, 0.2) is 54.3 Å². The van der Waals surface area contributed by atoms with Crippen LogP contribution < -0.4 is 9.47 Å². The SMILES string of the molecule is C1=Cc2ccccc2OCCOc2ccccc2C=1. The molecule has 0 aliphatic carbocycles. The topological polar surface area (TPSA) is 18.5 Å². The van der Waals surface area contributed by atoms with E-state index in [-0.39, 0.29) is 0 Å². The summed E-state index contributed by atoms with van der Waals surface area (Å²) in [4.78, 5) is 0. The van der Waals surface area contributed by atoms with Crippen LogP contribution in [0.25, 0.3) is 12.2 Å². The highest BCUT2D eigenvalue weighted by Crippen LogP contribution is 2.22. The molecule has 0 spiro atoms. The highest BCUT2D eigenvalue weighted by molar-refractivity contribution is 5.64. The number of fused-ring (bicyclic) bond motifs is 2. The van der Waals surface area contributed by atoms with Crippen LogP contribution in [0.3, 0.4) is 0 Å². The first-order chi connectivity index (χ1) is 9.43. The van der Waals surface area contributed by atoms with Crippen LogP contribution >= 0.6 is 0 Å². The van der Waals surface area contributed by atoms with Gasteiger partial charge in [-0.1, -0.05) is 36.4 Å². The molecule has 1 aliphatic heterocycles. The second kappa shape index (κ2) is 5.47. The molecule has 0 amide bonds. The monoisotopic (exact) mass is 250 g/mol. The number of hydrogen-bond donors (Lipinski definition) is 0. The van der Waals surface area contributed by atoms with E-state index in [0.717, 1.165) is 22.6 Å². The van der Waals surface area contributed by atoms with Gasteiger partial charge in [-0.2, -0.15) is 0 Å². The van der Waals surface area contributed by atoms with Gasteiger partial charge in [0.2, 0.25) is 0 Å². The van der Waals surface area contributed by atoms with E-state index in [9.17, 15) is 0 Å². The number of ether oxygens (including phenoxy) is 2. The van der Waals surface area contributed by atoms with Crippen molar-refractivity contribution in [3.63, 3.8) is 0 Å². The first-order valence-corrected chi connectivity index (χ1v) is 6.29. The molecule has 0 radical (unpaired) electrons. The van der Waals surface area contributed by atoms with E-state index in [0.29, 0.717) is 13.2 Å². The second-order valence-electron chi connectivity index (χ2n) is 4.23. The maximum absolute atomic E-state index is 5.72. The Kier molecular flexibility index (Phi) is 3.35. The van der Waals surface area contributed by atoms with Gasteiger partial charge in [0.1, 0.15) is 24.7 Å². The fourth-order valence-electron chi connectivity index (χ4n) is 1.99. The quantitative estimate of drug-likeness (QED) is 0.662. The minimum absolute atomic E-state index is 0.527. The van der Waals surface area contributed by atoms with Crippen LogP contribution in [0.5, 0.6) is 11.5 Å². The summed E-state index contributed by atoms with van der Waals surface area (Å²) >= 11 is 0. The van der Waals surface area contributed by atoms with Crippen LogP contribution in [0.2, 0.25) is 0 Å². The van der Waals surface area contributed by atoms with Gasteiger partial charge in [0.05, 0.1) is 0 Å². The molecular formula is C17H14O2. The van der Waals surface area contributed by atoms with Gasteiger partial charge in [0.25, 0.3) is 0 Å². The summed E-state index contributed by atoms with van der Waals surface area (Å²) < 4.78 is 11.4. The average molecular weight is 250 g/mol. The maximum Gasteiger partial charge on any atom is 0.127 e. The van der Waals surface area contributed by atoms with E-state index in [4.69, 9.17) is 9.47 Å². The Bertz CT molecular complexity index is 584. The Labute approximate surface area is 112 Å². The van der Waals surface area contributed by atoms with E-state index >= 15 is 0 Å². The lowest BCUT2D eigenvalue weighted by molar-refractivity contribution is 0.216. The van der Waals surface area contributed by atoms with Crippen molar-refractivity contribution in [2.45, 2.75) is 0 Å². The van der Waals surface area contributed by atoms with Crippen molar-refractivity contribution in [1.82, 2.24) is 0 Å². The molecule has 0 fully saturated rings. The lowest BCUT2D eigenvalue weighted by Gasteiger charge is -2.10. The fraction of sp³-hybridized carbons (Fsp3) is 0.118. The number of rotatable bonds is 0. The van der Waals surface area contributed by atoms with Crippen LogP contribution in [0, 0.1) is 0 Å². The van der Waals surface area contributed by atoms with E-state index in [1.807, 2.05) is 60.7 Å². The third-order valence-electron chi connectivity index (χ3n) is 2.91. The molecule has 3 rings (SSSR count). The predicted molar refractivity (Wildman–Crippen MR) is 76.3 cm³/mol. The highest BCUT2D eigenvalue weighted by Gasteiger charge is 2.03. The summed E-state index contributed by atoms with van der Waals surface area (Å²) in [6, 6.07) is 15.9. The molecule has 2 aromatic rings. The molecule has 0 aromatic heterocycles. The van der Waals surface area contributed by atoms with Crippen molar-refractivity contribution in [3.8, 4) is 11.5 Å². The zero-order chi connectivity index (χ0) is 12.9. The molecule has 0 N–H and O–H groups in total. The molecule has 0 saturated heterocycles. The zero-order valence-electron chi connectivity index (χ0n) is 10.5. The molecule has 0 saturated carbocycles. The molecule has 19 heavy (non-hydrogen) atoms. The molecule has 0 unspecified atom stereocenters. The molecule has 1 aliphatic rings. The average Bonchev–Trinajstić information content (AvgIpc) is 2.49. The van der Waals surface area contributed by atoms with Crippen molar-refractivity contribution < 1.29 is 9.47 Å². The highest BCUT2D eigenvalue weighted by atomic mass is 16.5. The number of para-hydroxylation sites is 2. The Morgan fingerprint density at radius 3 is 1.68 bits per heavy atom. The van der Waals surface area contributed by atoms with E-state index < -0.39 is 0 Å². The van der Waals surface area contributed by atoms with Crippen molar-refractivity contribution in [2.75, 3.05) is 13.2 Å². The summed E-state index contributed by atoms with van der Waals surface area (Å²) in [5.74, 6) is 1.72. The summed E-state index contributed by atoms with van der Waals surface area (Å²) in [6.45, 7) is 1.05. The van der Waals surface area contributed by atoms with E-state index in [1.54, 1.807) is 0 Å². The first kappa shape index (κ1) is 11.6. The molecule has 1 heterocycles. The van der Waals surface area contributed by atoms with Gasteiger partial charge in [-0.15, -0.1) is 5.73 Å². The van der Waals surface area contributed by atoms with Crippen molar-refractivity contribution >= 4 is 12.2 Å². The predicted octanol–water partition coefficient (Wildman–Crippen LogP) is 3.78. The Morgan fingerprint density at radius 2 is 1.16 bits per heavy atom. The zero-order valence-corrected chi connectivity index (χ0v) is 10.5. The second-order valence-corrected chi connectivity index (χ2v) is 4.23. The Hall–Kier alpha value is -2.44. The summed E-state index contributed by atoms with van der Waals surface area (Å²) in [7, 11) is 0. The Balaban J connectivity index is 2.03. The maximum atomic E-state index is 5.72. The standard InChI is InChI=1S/C17H14O2/c1-3-10-16-14(6-1)8-5-9-15-7-2-4-11-17(15)19-13-12-18-16/h1-4,6-11H,12-13H2. The van der Waals surface area contributed by atoms with Gasteiger partial charge >= 0.3 is 0 Å². The lowest BCUT2D eigenvalue weighted by atomic mass is 10.1. The normalized spacial score (nSPS) is 13.5. The smallest absolute Gasteiger partial charge is 0.127 e. The molecule has 2 heteroatoms. The fourth-order valence-corrected chi connectivity index (χ4v) is 1.99. The van der Waals surface area contributed by atoms with Gasteiger partial charge in [-0.05, 0) is 24.3 Å². The third kappa shape index (κ3) is 2.70. The summed E-state index contributed by atoms with van der Waals surface area (Å²) in [5.41, 5.74) is 5.24. The number of hydrogen-bond acceptors (Lipinski definition) is 2. The van der Waals surface area contributed by atoms with Crippen LogP contribution in [-0.2, 0) is 0 Å². The van der Waals surface area contributed by atoms with Gasteiger partial charge in [-0.25, -0.2) is 0 Å². The first-order valence-electron chi connectivity index (χ1n) is 6.29. The number of benzene rings is 2. The largest absolute Gasteiger partial charge is 0.489 e. The van der Waals surface area contributed by atoms with Gasteiger partial charge in [-0.3, -0.25) is 0 Å². The summed E-state index contributed by atoms with van der Waals surface area (Å²) in [6.07, 6.45) is 3.86. The molecule has 2 nitrogen and oxygen atoms in total. The minimum atomic E-state index is 0.527. The summed E-state index contributed by atoms with van der Waals surface area (Å²) in [5, 5.41) is 0. The molecule has 0 atom stereocenters. The van der Waals surface area contributed by atoms with E-state index in [2.05, 4.69) is 5.73 Å². The Morgan fingerprint density at radius 1 is 0.684 bits per heavy atom. The molecular weight excluding hydrogens is 236 g/mol.